The van der Waals surface area contributed by atoms with Crippen molar-refractivity contribution in [3.8, 4) is 0 Å². The molecule has 3 rings (SSSR count). The molecule has 2 aliphatic rings. The minimum Gasteiger partial charge on any atom is -0.468 e. The predicted molar refractivity (Wildman–Crippen MR) is 92.4 cm³/mol. The number of anilines is 1. The molecule has 1 aliphatic heterocycles. The van der Waals surface area contributed by atoms with Gasteiger partial charge in [-0.05, 0) is 37.5 Å². The lowest BCUT2D eigenvalue weighted by Gasteiger charge is -2.35. The van der Waals surface area contributed by atoms with E-state index >= 15 is 0 Å². The monoisotopic (exact) mass is 353 g/mol. The molecule has 2 heterocycles. The maximum absolute atomic E-state index is 12.5. The highest BCUT2D eigenvalue weighted by Crippen LogP contribution is 2.50. The molecule has 0 unspecified atom stereocenters. The summed E-state index contributed by atoms with van der Waals surface area (Å²) in [5.41, 5.74) is 0.532. The highest BCUT2D eigenvalue weighted by molar-refractivity contribution is 6.33. The molecular formula is C17H24ClN3O3. The van der Waals surface area contributed by atoms with Crippen LogP contribution in [0.5, 0.6) is 0 Å². The Labute approximate surface area is 146 Å². The van der Waals surface area contributed by atoms with E-state index in [0.29, 0.717) is 29.1 Å². The minimum absolute atomic E-state index is 0.131. The van der Waals surface area contributed by atoms with Crippen LogP contribution < -0.4 is 10.5 Å². The number of ether oxygens (including phenoxy) is 1. The van der Waals surface area contributed by atoms with Crippen molar-refractivity contribution in [3.05, 3.63) is 21.6 Å². The number of fused-ring (bicyclic) bond motifs is 2. The van der Waals surface area contributed by atoms with Crippen molar-refractivity contribution >= 4 is 23.3 Å². The third-order valence-electron chi connectivity index (χ3n) is 5.44. The summed E-state index contributed by atoms with van der Waals surface area (Å²) >= 11 is 6.36. The van der Waals surface area contributed by atoms with Crippen molar-refractivity contribution < 1.29 is 9.53 Å². The van der Waals surface area contributed by atoms with Gasteiger partial charge in [0.15, 0.2) is 0 Å². The summed E-state index contributed by atoms with van der Waals surface area (Å²) in [4.78, 5) is 26.1. The first kappa shape index (κ1) is 17.3. The smallest absolute Gasteiger partial charge is 0.327 e. The molecular weight excluding hydrogens is 330 g/mol. The van der Waals surface area contributed by atoms with Crippen LogP contribution in [0.15, 0.2) is 11.0 Å². The average Bonchev–Trinajstić information content (AvgIpc) is 2.74. The Hall–Kier alpha value is -1.56. The van der Waals surface area contributed by atoms with Crippen molar-refractivity contribution in [2.75, 3.05) is 12.0 Å². The fraction of sp³-hybridized carbons (Fsp3) is 0.706. The lowest BCUT2D eigenvalue weighted by atomic mass is 9.71. The van der Waals surface area contributed by atoms with Crippen molar-refractivity contribution in [2.45, 2.75) is 58.7 Å². The molecule has 2 fully saturated rings. The number of methoxy groups -OCH3 is 1. The van der Waals surface area contributed by atoms with E-state index in [1.807, 2.05) is 0 Å². The van der Waals surface area contributed by atoms with Gasteiger partial charge in [-0.15, -0.1) is 0 Å². The van der Waals surface area contributed by atoms with E-state index in [1.165, 1.54) is 13.5 Å². The number of hydrogen-bond acceptors (Lipinski definition) is 5. The van der Waals surface area contributed by atoms with Crippen LogP contribution in [0.4, 0.5) is 5.69 Å². The van der Waals surface area contributed by atoms with Crippen LogP contribution in [-0.2, 0) is 16.1 Å². The zero-order valence-corrected chi connectivity index (χ0v) is 15.3. The van der Waals surface area contributed by atoms with Gasteiger partial charge in [-0.3, -0.25) is 9.59 Å². The summed E-state index contributed by atoms with van der Waals surface area (Å²) in [6, 6.07) is 0.704. The molecule has 6 nitrogen and oxygen atoms in total. The van der Waals surface area contributed by atoms with Gasteiger partial charge in [0.25, 0.3) is 5.56 Å². The van der Waals surface area contributed by atoms with Crippen LogP contribution in [-0.4, -0.2) is 34.9 Å². The Morgan fingerprint density at radius 3 is 2.83 bits per heavy atom. The number of esters is 1. The lowest BCUT2D eigenvalue weighted by Crippen LogP contribution is -2.38. The van der Waals surface area contributed by atoms with E-state index in [2.05, 4.69) is 35.5 Å². The van der Waals surface area contributed by atoms with Crippen LogP contribution in [0.25, 0.3) is 0 Å². The molecule has 24 heavy (non-hydrogen) atoms. The molecule has 7 heteroatoms. The largest absolute Gasteiger partial charge is 0.468 e. The van der Waals surface area contributed by atoms with E-state index < -0.39 is 11.5 Å². The van der Waals surface area contributed by atoms with Gasteiger partial charge >= 0.3 is 5.97 Å². The molecule has 0 radical (unpaired) electrons. The van der Waals surface area contributed by atoms with Crippen LogP contribution in [0.3, 0.4) is 0 Å². The van der Waals surface area contributed by atoms with Crippen molar-refractivity contribution in [1.82, 2.24) is 9.78 Å². The van der Waals surface area contributed by atoms with Crippen molar-refractivity contribution in [3.63, 3.8) is 0 Å². The fourth-order valence-corrected chi connectivity index (χ4v) is 4.68. The number of carbonyl (C=O) groups is 1. The van der Waals surface area contributed by atoms with Crippen LogP contribution in [0.2, 0.25) is 5.02 Å². The summed E-state index contributed by atoms with van der Waals surface area (Å²) in [5, 5.41) is 4.26. The van der Waals surface area contributed by atoms with Crippen LogP contribution in [0, 0.1) is 11.3 Å². The number of aromatic nitrogens is 2. The summed E-state index contributed by atoms with van der Waals surface area (Å²) in [5.74, 6) is 0.0767. The molecule has 1 saturated heterocycles. The van der Waals surface area contributed by atoms with E-state index in [-0.39, 0.29) is 11.6 Å². The first-order valence-electron chi connectivity index (χ1n) is 8.34. The maximum Gasteiger partial charge on any atom is 0.327 e. The van der Waals surface area contributed by atoms with Gasteiger partial charge in [0.2, 0.25) is 0 Å². The summed E-state index contributed by atoms with van der Waals surface area (Å²) in [6.45, 7) is 6.57. The molecule has 3 atom stereocenters. The van der Waals surface area contributed by atoms with E-state index in [0.717, 1.165) is 17.5 Å². The molecule has 132 valence electrons. The molecule has 2 bridgehead atoms. The van der Waals surface area contributed by atoms with E-state index in [4.69, 9.17) is 11.6 Å². The van der Waals surface area contributed by atoms with Gasteiger partial charge in [-0.1, -0.05) is 25.4 Å². The molecule has 0 amide bonds. The second kappa shape index (κ2) is 6.06. The molecule has 1 aromatic heterocycles. The molecule has 1 saturated carbocycles. The van der Waals surface area contributed by atoms with Gasteiger partial charge < -0.3 is 9.64 Å². The lowest BCUT2D eigenvalue weighted by molar-refractivity contribution is -0.141. The number of rotatable bonds is 3. The number of halogens is 1. The van der Waals surface area contributed by atoms with Crippen LogP contribution >= 0.6 is 11.6 Å². The van der Waals surface area contributed by atoms with Gasteiger partial charge in [-0.2, -0.15) is 5.10 Å². The summed E-state index contributed by atoms with van der Waals surface area (Å²) < 4.78 is 5.63. The first-order valence-corrected chi connectivity index (χ1v) is 8.72. The van der Waals surface area contributed by atoms with E-state index in [9.17, 15) is 9.59 Å². The zero-order valence-electron chi connectivity index (χ0n) is 14.6. The third-order valence-corrected chi connectivity index (χ3v) is 5.80. The fourth-order valence-electron chi connectivity index (χ4n) is 4.44. The Morgan fingerprint density at radius 1 is 1.46 bits per heavy atom. The Kier molecular flexibility index (Phi) is 4.36. The highest BCUT2D eigenvalue weighted by atomic mass is 35.5. The molecule has 1 aliphatic carbocycles. The SMILES string of the molecule is COC(=O)Cn1ncc(N2[C@@H]3C[C@H](CC(C)(C)C3)[C@H]2C)c(Cl)c1=O. The maximum atomic E-state index is 12.5. The first-order chi connectivity index (χ1) is 11.2. The van der Waals surface area contributed by atoms with Gasteiger partial charge in [0.1, 0.15) is 11.6 Å². The van der Waals surface area contributed by atoms with Gasteiger partial charge in [0, 0.05) is 12.1 Å². The average molecular weight is 354 g/mol. The Bertz CT molecular complexity index is 716. The normalized spacial score (nSPS) is 28.0. The van der Waals surface area contributed by atoms with Gasteiger partial charge in [-0.25, -0.2) is 4.68 Å². The standard InChI is InChI=1S/C17H24ClN3O3/c1-10-11-5-12(7-17(2,3)6-11)21(10)13-8-19-20(9-14(22)24-4)16(23)15(13)18/h8,10-12H,5-7,9H2,1-4H3/t10-,11-,12-/m1/s1. The molecule has 0 aromatic carbocycles. The summed E-state index contributed by atoms with van der Waals surface area (Å²) in [6.07, 6.45) is 5.00. The molecule has 1 aromatic rings. The minimum atomic E-state index is -0.527. The molecule has 0 spiro atoms. The third kappa shape index (κ3) is 2.92. The van der Waals surface area contributed by atoms with E-state index in [1.54, 1.807) is 6.20 Å². The summed E-state index contributed by atoms with van der Waals surface area (Å²) in [7, 11) is 1.28. The molecule has 0 N–H and O–H groups in total. The van der Waals surface area contributed by atoms with Gasteiger partial charge in [0.05, 0.1) is 19.0 Å². The number of hydrogen-bond donors (Lipinski definition) is 0. The second-order valence-corrected chi connectivity index (χ2v) is 8.13. The highest BCUT2D eigenvalue weighted by Gasteiger charge is 2.47. The van der Waals surface area contributed by atoms with Crippen LogP contribution in [0.1, 0.15) is 40.0 Å². The number of nitrogens with zero attached hydrogens (tertiary/aromatic N) is 3. The Balaban J connectivity index is 1.94. The zero-order chi connectivity index (χ0) is 17.6. The van der Waals surface area contributed by atoms with Crippen molar-refractivity contribution in [1.29, 1.82) is 0 Å². The topological polar surface area (TPSA) is 64.4 Å². The Morgan fingerprint density at radius 2 is 2.17 bits per heavy atom. The van der Waals surface area contributed by atoms with Crippen molar-refractivity contribution in [2.24, 2.45) is 11.3 Å². The predicted octanol–water partition coefficient (Wildman–Crippen LogP) is 2.47. The quantitative estimate of drug-likeness (QED) is 0.781. The second-order valence-electron chi connectivity index (χ2n) is 7.75. The number of carbonyl (C=O) groups excluding carboxylic acids is 1.